The molecular weight excluding hydrogens is 198 g/mol. The van der Waals surface area contributed by atoms with Gasteiger partial charge >= 0.3 is 0 Å². The highest BCUT2D eigenvalue weighted by molar-refractivity contribution is 5.65. The molecule has 82 valence electrons. The molecule has 0 saturated heterocycles. The molecule has 3 heteroatoms. The Kier molecular flexibility index (Phi) is 2.86. The fraction of sp³-hybridized carbons (Fsp3) is 0.231. The average Bonchev–Trinajstić information content (AvgIpc) is 2.28. The molecular formula is C13H15N3. The van der Waals surface area contributed by atoms with Crippen molar-refractivity contribution in [2.45, 2.75) is 13.8 Å². The smallest absolute Gasteiger partial charge is 0.0733 e. The van der Waals surface area contributed by atoms with Crippen LogP contribution in [0.3, 0.4) is 0 Å². The minimum absolute atomic E-state index is 1.01. The summed E-state index contributed by atoms with van der Waals surface area (Å²) in [4.78, 5) is 8.66. The highest BCUT2D eigenvalue weighted by Crippen LogP contribution is 2.22. The van der Waals surface area contributed by atoms with E-state index in [1.807, 2.05) is 38.5 Å². The molecule has 16 heavy (non-hydrogen) atoms. The van der Waals surface area contributed by atoms with E-state index in [2.05, 4.69) is 28.3 Å². The first-order valence-corrected chi connectivity index (χ1v) is 5.28. The quantitative estimate of drug-likeness (QED) is 0.833. The van der Waals surface area contributed by atoms with E-state index in [1.54, 1.807) is 0 Å². The second-order valence-corrected chi connectivity index (χ2v) is 3.83. The lowest BCUT2D eigenvalue weighted by Gasteiger charge is -2.07. The van der Waals surface area contributed by atoms with Crippen LogP contribution in [-0.2, 0) is 0 Å². The van der Waals surface area contributed by atoms with E-state index in [0.717, 1.165) is 28.2 Å². The summed E-state index contributed by atoms with van der Waals surface area (Å²) >= 11 is 0. The molecule has 0 aliphatic carbocycles. The van der Waals surface area contributed by atoms with Crippen LogP contribution in [0.2, 0.25) is 0 Å². The van der Waals surface area contributed by atoms with E-state index in [9.17, 15) is 0 Å². The van der Waals surface area contributed by atoms with Crippen molar-refractivity contribution < 1.29 is 0 Å². The summed E-state index contributed by atoms with van der Waals surface area (Å²) in [5, 5.41) is 3.08. The predicted octanol–water partition coefficient (Wildman–Crippen LogP) is 2.80. The summed E-state index contributed by atoms with van der Waals surface area (Å²) in [6.45, 7) is 4.06. The Balaban J connectivity index is 2.48. The highest BCUT2D eigenvalue weighted by Gasteiger charge is 2.04. The molecule has 0 aromatic carbocycles. The summed E-state index contributed by atoms with van der Waals surface area (Å²) in [5.74, 6) is 0. The first-order chi connectivity index (χ1) is 7.70. The normalized spacial score (nSPS) is 10.2. The van der Waals surface area contributed by atoms with Gasteiger partial charge in [0.1, 0.15) is 0 Å². The second kappa shape index (κ2) is 4.31. The average molecular weight is 213 g/mol. The van der Waals surface area contributed by atoms with Gasteiger partial charge in [0, 0.05) is 24.5 Å². The van der Waals surface area contributed by atoms with Crippen LogP contribution < -0.4 is 5.32 Å². The van der Waals surface area contributed by atoms with Crippen molar-refractivity contribution in [1.29, 1.82) is 0 Å². The number of nitrogens with one attached hydrogen (secondary N) is 1. The van der Waals surface area contributed by atoms with Crippen molar-refractivity contribution >= 4 is 5.69 Å². The van der Waals surface area contributed by atoms with E-state index >= 15 is 0 Å². The molecule has 0 atom stereocenters. The Morgan fingerprint density at radius 1 is 1.12 bits per heavy atom. The van der Waals surface area contributed by atoms with Gasteiger partial charge in [-0.05, 0) is 37.6 Å². The van der Waals surface area contributed by atoms with Crippen LogP contribution in [0.5, 0.6) is 0 Å². The van der Waals surface area contributed by atoms with Crippen LogP contribution in [-0.4, -0.2) is 17.0 Å². The molecule has 0 aliphatic heterocycles. The molecule has 2 aromatic rings. The van der Waals surface area contributed by atoms with Crippen molar-refractivity contribution in [1.82, 2.24) is 9.97 Å². The van der Waals surface area contributed by atoms with Crippen molar-refractivity contribution in [2.75, 3.05) is 12.4 Å². The standard InChI is InChI=1S/C13H15N3/c1-9-6-12(14-3)8-16-13(9)11-4-5-15-10(2)7-11/h4-8,14H,1-3H3. The summed E-state index contributed by atoms with van der Waals surface area (Å²) in [6.07, 6.45) is 3.66. The topological polar surface area (TPSA) is 37.8 Å². The molecule has 2 heterocycles. The largest absolute Gasteiger partial charge is 0.387 e. The molecule has 2 aromatic heterocycles. The predicted molar refractivity (Wildman–Crippen MR) is 66.5 cm³/mol. The monoisotopic (exact) mass is 213 g/mol. The highest BCUT2D eigenvalue weighted by atomic mass is 14.8. The molecule has 2 rings (SSSR count). The Hall–Kier alpha value is -1.90. The Morgan fingerprint density at radius 3 is 2.56 bits per heavy atom. The maximum Gasteiger partial charge on any atom is 0.0733 e. The fourth-order valence-corrected chi connectivity index (χ4v) is 1.71. The van der Waals surface area contributed by atoms with Crippen LogP contribution in [0.4, 0.5) is 5.69 Å². The van der Waals surface area contributed by atoms with Gasteiger partial charge in [-0.1, -0.05) is 0 Å². The van der Waals surface area contributed by atoms with Crippen LogP contribution in [0.1, 0.15) is 11.3 Å². The molecule has 0 spiro atoms. The zero-order valence-electron chi connectivity index (χ0n) is 9.78. The number of rotatable bonds is 2. The Bertz CT molecular complexity index is 506. The lowest BCUT2D eigenvalue weighted by molar-refractivity contribution is 1.19. The van der Waals surface area contributed by atoms with Gasteiger partial charge in [-0.3, -0.25) is 9.97 Å². The first-order valence-electron chi connectivity index (χ1n) is 5.28. The van der Waals surface area contributed by atoms with Gasteiger partial charge in [0.2, 0.25) is 0 Å². The van der Waals surface area contributed by atoms with E-state index in [-0.39, 0.29) is 0 Å². The van der Waals surface area contributed by atoms with Crippen LogP contribution in [0, 0.1) is 13.8 Å². The Morgan fingerprint density at radius 2 is 1.94 bits per heavy atom. The SMILES string of the molecule is CNc1cnc(-c2ccnc(C)c2)c(C)c1. The molecule has 0 bridgehead atoms. The number of nitrogens with zero attached hydrogens (tertiary/aromatic N) is 2. The maximum absolute atomic E-state index is 4.47. The molecule has 0 unspecified atom stereocenters. The lowest BCUT2D eigenvalue weighted by atomic mass is 10.1. The summed E-state index contributed by atoms with van der Waals surface area (Å²) in [5.41, 5.74) is 5.35. The number of pyridine rings is 2. The van der Waals surface area contributed by atoms with Crippen molar-refractivity contribution in [3.63, 3.8) is 0 Å². The number of aromatic nitrogens is 2. The molecule has 3 nitrogen and oxygen atoms in total. The summed E-state index contributed by atoms with van der Waals surface area (Å²) in [6, 6.07) is 6.13. The molecule has 1 N–H and O–H groups in total. The number of hydrogen-bond donors (Lipinski definition) is 1. The second-order valence-electron chi connectivity index (χ2n) is 3.83. The third-order valence-corrected chi connectivity index (χ3v) is 2.54. The van der Waals surface area contributed by atoms with Gasteiger partial charge in [-0.25, -0.2) is 0 Å². The number of aryl methyl sites for hydroxylation is 2. The van der Waals surface area contributed by atoms with Gasteiger partial charge in [-0.2, -0.15) is 0 Å². The summed E-state index contributed by atoms with van der Waals surface area (Å²) in [7, 11) is 1.90. The van der Waals surface area contributed by atoms with E-state index in [0.29, 0.717) is 0 Å². The minimum Gasteiger partial charge on any atom is -0.387 e. The van der Waals surface area contributed by atoms with E-state index < -0.39 is 0 Å². The molecule has 0 aliphatic rings. The Labute approximate surface area is 95.6 Å². The molecule has 0 amide bonds. The van der Waals surface area contributed by atoms with Gasteiger partial charge in [0.25, 0.3) is 0 Å². The zero-order chi connectivity index (χ0) is 11.5. The third kappa shape index (κ3) is 2.03. The van der Waals surface area contributed by atoms with Gasteiger partial charge < -0.3 is 5.32 Å². The third-order valence-electron chi connectivity index (χ3n) is 2.54. The summed E-state index contributed by atoms with van der Waals surface area (Å²) < 4.78 is 0. The number of hydrogen-bond acceptors (Lipinski definition) is 3. The molecule has 0 saturated carbocycles. The van der Waals surface area contributed by atoms with Crippen LogP contribution in [0.15, 0.2) is 30.6 Å². The maximum atomic E-state index is 4.47. The lowest BCUT2D eigenvalue weighted by Crippen LogP contribution is -1.94. The molecule has 0 radical (unpaired) electrons. The number of anilines is 1. The van der Waals surface area contributed by atoms with Crippen LogP contribution >= 0.6 is 0 Å². The van der Waals surface area contributed by atoms with Crippen molar-refractivity contribution in [2.24, 2.45) is 0 Å². The minimum atomic E-state index is 1.01. The van der Waals surface area contributed by atoms with Gasteiger partial charge in [0.15, 0.2) is 0 Å². The zero-order valence-corrected chi connectivity index (χ0v) is 9.78. The van der Waals surface area contributed by atoms with Gasteiger partial charge in [-0.15, -0.1) is 0 Å². The van der Waals surface area contributed by atoms with Crippen LogP contribution in [0.25, 0.3) is 11.3 Å². The van der Waals surface area contributed by atoms with Gasteiger partial charge in [0.05, 0.1) is 17.6 Å². The van der Waals surface area contributed by atoms with E-state index in [1.165, 1.54) is 0 Å². The van der Waals surface area contributed by atoms with E-state index in [4.69, 9.17) is 0 Å². The fourth-order valence-electron chi connectivity index (χ4n) is 1.71. The van der Waals surface area contributed by atoms with Crippen molar-refractivity contribution in [3.8, 4) is 11.3 Å². The molecule has 0 fully saturated rings. The first kappa shape index (κ1) is 10.6. The van der Waals surface area contributed by atoms with Crippen molar-refractivity contribution in [3.05, 3.63) is 41.9 Å².